The largest absolute Gasteiger partial charge is 0.384 e. The predicted octanol–water partition coefficient (Wildman–Crippen LogP) is 0.889. The number of benzene rings is 1. The van der Waals surface area contributed by atoms with E-state index < -0.39 is 9.84 Å². The van der Waals surface area contributed by atoms with Gasteiger partial charge in [0.25, 0.3) is 0 Å². The summed E-state index contributed by atoms with van der Waals surface area (Å²) in [6.45, 7) is 0.574. The van der Waals surface area contributed by atoms with Crippen LogP contribution in [0.25, 0.3) is 0 Å². The number of amides is 1. The summed E-state index contributed by atoms with van der Waals surface area (Å²) >= 11 is 0. The van der Waals surface area contributed by atoms with Crippen LogP contribution in [0.5, 0.6) is 0 Å². The van der Waals surface area contributed by atoms with Crippen LogP contribution in [0, 0.1) is 0 Å². The Morgan fingerprint density at radius 1 is 1.30 bits per heavy atom. The van der Waals surface area contributed by atoms with Gasteiger partial charge in [-0.3, -0.25) is 4.79 Å². The van der Waals surface area contributed by atoms with Crippen LogP contribution in [-0.4, -0.2) is 38.4 Å². The molecule has 2 aliphatic rings. The first-order valence-electron chi connectivity index (χ1n) is 6.89. The molecule has 0 aliphatic carbocycles. The molecule has 0 spiro atoms. The number of fused-ring (bicyclic) bond motifs is 1. The fourth-order valence-electron chi connectivity index (χ4n) is 2.96. The van der Waals surface area contributed by atoms with E-state index in [0.717, 1.165) is 17.7 Å². The quantitative estimate of drug-likeness (QED) is 0.849. The number of carbonyl (C=O) groups excluding carboxylic acids is 1. The summed E-state index contributed by atoms with van der Waals surface area (Å²) in [7, 11) is -2.99. The lowest BCUT2D eigenvalue weighted by atomic mass is 10.00. The normalized spacial score (nSPS) is 27.4. The van der Waals surface area contributed by atoms with Gasteiger partial charge in [0.2, 0.25) is 5.91 Å². The Balaban J connectivity index is 1.69. The van der Waals surface area contributed by atoms with Crippen molar-refractivity contribution in [2.45, 2.75) is 24.8 Å². The van der Waals surface area contributed by atoms with E-state index in [1.165, 1.54) is 0 Å². The Hall–Kier alpha value is -1.56. The molecule has 5 nitrogen and oxygen atoms in total. The number of hydrogen-bond acceptors (Lipinski definition) is 4. The van der Waals surface area contributed by atoms with Crippen molar-refractivity contribution in [1.29, 1.82) is 0 Å². The standard InChI is InChI=1S/C14H18N2O3S/c17-14(16-10-4-3-7-20(18,19)9-10)12-8-15-13-6-2-1-5-11(12)13/h1-2,5-6,10,12,15H,3-4,7-9H2,(H,16,17). The zero-order chi connectivity index (χ0) is 14.2. The molecule has 1 aromatic rings. The summed E-state index contributed by atoms with van der Waals surface area (Å²) in [6.07, 6.45) is 1.37. The molecular formula is C14H18N2O3S. The third-order valence-corrected chi connectivity index (χ3v) is 5.78. The summed E-state index contributed by atoms with van der Waals surface area (Å²) < 4.78 is 23.2. The first kappa shape index (κ1) is 13.4. The molecular weight excluding hydrogens is 276 g/mol. The van der Waals surface area contributed by atoms with Gasteiger partial charge in [0.15, 0.2) is 9.84 Å². The fourth-order valence-corrected chi connectivity index (χ4v) is 4.59. The van der Waals surface area contributed by atoms with Gasteiger partial charge in [0.1, 0.15) is 0 Å². The van der Waals surface area contributed by atoms with Gasteiger partial charge in [-0.25, -0.2) is 8.42 Å². The van der Waals surface area contributed by atoms with Crippen LogP contribution in [0.2, 0.25) is 0 Å². The number of carbonyl (C=O) groups is 1. The summed E-state index contributed by atoms with van der Waals surface area (Å²) in [5.74, 6) is 0.00801. The molecule has 0 bridgehead atoms. The van der Waals surface area contributed by atoms with Crippen molar-refractivity contribution in [3.05, 3.63) is 29.8 Å². The van der Waals surface area contributed by atoms with Crippen LogP contribution in [0.1, 0.15) is 24.3 Å². The molecule has 0 saturated carbocycles. The van der Waals surface area contributed by atoms with Crippen molar-refractivity contribution in [2.75, 3.05) is 23.4 Å². The second-order valence-electron chi connectivity index (χ2n) is 5.48. The van der Waals surface area contributed by atoms with Crippen molar-refractivity contribution in [2.24, 2.45) is 0 Å². The average molecular weight is 294 g/mol. The van der Waals surface area contributed by atoms with Crippen LogP contribution in [-0.2, 0) is 14.6 Å². The van der Waals surface area contributed by atoms with Gasteiger partial charge in [0.05, 0.1) is 17.4 Å². The molecule has 0 aromatic heterocycles. The van der Waals surface area contributed by atoms with E-state index in [2.05, 4.69) is 10.6 Å². The maximum absolute atomic E-state index is 12.3. The molecule has 20 heavy (non-hydrogen) atoms. The zero-order valence-corrected chi connectivity index (χ0v) is 11.9. The topological polar surface area (TPSA) is 75.3 Å². The first-order valence-corrected chi connectivity index (χ1v) is 8.71. The highest BCUT2D eigenvalue weighted by Crippen LogP contribution is 2.31. The van der Waals surface area contributed by atoms with Crippen LogP contribution in [0.15, 0.2) is 24.3 Å². The van der Waals surface area contributed by atoms with E-state index in [-0.39, 0.29) is 29.4 Å². The first-order chi connectivity index (χ1) is 9.55. The SMILES string of the molecule is O=C(NC1CCCS(=O)(=O)C1)C1CNc2ccccc21. The molecule has 6 heteroatoms. The van der Waals surface area contributed by atoms with E-state index in [1.807, 2.05) is 24.3 Å². The molecule has 2 heterocycles. The highest BCUT2D eigenvalue weighted by molar-refractivity contribution is 7.91. The van der Waals surface area contributed by atoms with Gasteiger partial charge in [-0.05, 0) is 24.5 Å². The van der Waals surface area contributed by atoms with E-state index in [0.29, 0.717) is 13.0 Å². The maximum atomic E-state index is 12.3. The van der Waals surface area contributed by atoms with Crippen LogP contribution in [0.4, 0.5) is 5.69 Å². The minimum atomic E-state index is -2.99. The van der Waals surface area contributed by atoms with Gasteiger partial charge in [-0.2, -0.15) is 0 Å². The van der Waals surface area contributed by atoms with Crippen molar-refractivity contribution in [3.8, 4) is 0 Å². The Morgan fingerprint density at radius 3 is 2.90 bits per heavy atom. The number of rotatable bonds is 2. The molecule has 2 aliphatic heterocycles. The van der Waals surface area contributed by atoms with Gasteiger partial charge in [-0.15, -0.1) is 0 Å². The molecule has 0 radical (unpaired) electrons. The fraction of sp³-hybridized carbons (Fsp3) is 0.500. The summed E-state index contributed by atoms with van der Waals surface area (Å²) in [5.41, 5.74) is 1.98. The smallest absolute Gasteiger partial charge is 0.229 e. The number of hydrogen-bond donors (Lipinski definition) is 2. The molecule has 1 fully saturated rings. The second kappa shape index (κ2) is 5.09. The lowest BCUT2D eigenvalue weighted by molar-refractivity contribution is -0.122. The van der Waals surface area contributed by atoms with Gasteiger partial charge in [-0.1, -0.05) is 18.2 Å². The van der Waals surface area contributed by atoms with Gasteiger partial charge in [0, 0.05) is 18.3 Å². The van der Waals surface area contributed by atoms with E-state index >= 15 is 0 Å². The second-order valence-corrected chi connectivity index (χ2v) is 7.71. The van der Waals surface area contributed by atoms with Gasteiger partial charge >= 0.3 is 0 Å². The number of nitrogens with one attached hydrogen (secondary N) is 2. The Labute approximate surface area is 118 Å². The van der Waals surface area contributed by atoms with Crippen molar-refractivity contribution in [3.63, 3.8) is 0 Å². The average Bonchev–Trinajstić information content (AvgIpc) is 2.81. The highest BCUT2D eigenvalue weighted by Gasteiger charge is 2.32. The van der Waals surface area contributed by atoms with E-state index in [1.54, 1.807) is 0 Å². The highest BCUT2D eigenvalue weighted by atomic mass is 32.2. The summed E-state index contributed by atoms with van der Waals surface area (Å²) in [5, 5.41) is 6.10. The zero-order valence-electron chi connectivity index (χ0n) is 11.1. The maximum Gasteiger partial charge on any atom is 0.229 e. The number of anilines is 1. The Bertz CT molecular complexity index is 627. The summed E-state index contributed by atoms with van der Waals surface area (Å²) in [4.78, 5) is 12.3. The molecule has 3 rings (SSSR count). The van der Waals surface area contributed by atoms with E-state index in [9.17, 15) is 13.2 Å². The minimum absolute atomic E-state index is 0.0700. The van der Waals surface area contributed by atoms with Crippen LogP contribution in [0.3, 0.4) is 0 Å². The Kier molecular flexibility index (Phi) is 3.41. The van der Waals surface area contributed by atoms with Crippen LogP contribution < -0.4 is 10.6 Å². The lowest BCUT2D eigenvalue weighted by Gasteiger charge is -2.24. The number of sulfone groups is 1. The number of para-hydroxylation sites is 1. The predicted molar refractivity (Wildman–Crippen MR) is 77.5 cm³/mol. The molecule has 2 N–H and O–H groups in total. The summed E-state index contributed by atoms with van der Waals surface area (Å²) in [6, 6.07) is 7.50. The van der Waals surface area contributed by atoms with Crippen molar-refractivity contribution < 1.29 is 13.2 Å². The monoisotopic (exact) mass is 294 g/mol. The molecule has 1 saturated heterocycles. The lowest BCUT2D eigenvalue weighted by Crippen LogP contribution is -2.45. The molecule has 2 unspecified atom stereocenters. The minimum Gasteiger partial charge on any atom is -0.384 e. The molecule has 2 atom stereocenters. The Morgan fingerprint density at radius 2 is 2.10 bits per heavy atom. The van der Waals surface area contributed by atoms with Gasteiger partial charge < -0.3 is 10.6 Å². The molecule has 108 valence electrons. The van der Waals surface area contributed by atoms with Crippen molar-refractivity contribution in [1.82, 2.24) is 5.32 Å². The third-order valence-electron chi connectivity index (χ3n) is 3.96. The third kappa shape index (κ3) is 2.65. The van der Waals surface area contributed by atoms with Crippen molar-refractivity contribution >= 4 is 21.4 Å². The van der Waals surface area contributed by atoms with E-state index in [4.69, 9.17) is 0 Å². The molecule has 1 amide bonds. The molecule has 1 aromatic carbocycles. The van der Waals surface area contributed by atoms with Crippen LogP contribution >= 0.6 is 0 Å².